The highest BCUT2D eigenvalue weighted by Gasteiger charge is 2.23. The molecule has 2 heterocycles. The van der Waals surface area contributed by atoms with Crippen LogP contribution in [-0.2, 0) is 4.79 Å². The Morgan fingerprint density at radius 3 is 2.61 bits per heavy atom. The van der Waals surface area contributed by atoms with Crippen LogP contribution in [0.25, 0.3) is 0 Å². The number of nitrogens with one attached hydrogen (secondary N) is 2. The van der Waals surface area contributed by atoms with E-state index in [4.69, 9.17) is 0 Å². The first-order chi connectivity index (χ1) is 11.0. The molecular weight excluding hydrogens is 312 g/mol. The van der Waals surface area contributed by atoms with Crippen LogP contribution in [0.15, 0.2) is 29.9 Å². The summed E-state index contributed by atoms with van der Waals surface area (Å²) in [5.41, 5.74) is 1.27. The average Bonchev–Trinajstić information content (AvgIpc) is 2.99. The molecule has 0 spiro atoms. The highest BCUT2D eigenvalue weighted by molar-refractivity contribution is 7.13. The fourth-order valence-corrected chi connectivity index (χ4v) is 2.56. The monoisotopic (exact) mass is 332 g/mol. The van der Waals surface area contributed by atoms with E-state index in [-0.39, 0.29) is 17.7 Å². The van der Waals surface area contributed by atoms with Crippen LogP contribution in [0.2, 0.25) is 0 Å². The summed E-state index contributed by atoms with van der Waals surface area (Å²) in [6, 6.07) is 2.85. The zero-order valence-electron chi connectivity index (χ0n) is 13.4. The largest absolute Gasteiger partial charge is 0.340 e. The number of carbonyl (C=O) groups is 2. The minimum Gasteiger partial charge on any atom is -0.340 e. The summed E-state index contributed by atoms with van der Waals surface area (Å²) in [7, 11) is 0. The van der Waals surface area contributed by atoms with Gasteiger partial charge in [0.05, 0.1) is 5.56 Å². The van der Waals surface area contributed by atoms with Crippen LogP contribution in [0.1, 0.15) is 36.3 Å². The lowest BCUT2D eigenvalue weighted by Crippen LogP contribution is -2.44. The predicted molar refractivity (Wildman–Crippen MR) is 90.4 cm³/mol. The van der Waals surface area contributed by atoms with Crippen LogP contribution < -0.4 is 10.6 Å². The molecule has 0 radical (unpaired) electrons. The summed E-state index contributed by atoms with van der Waals surface area (Å²) in [5.74, 6) is -0.307. The van der Waals surface area contributed by atoms with Gasteiger partial charge >= 0.3 is 0 Å². The van der Waals surface area contributed by atoms with E-state index in [1.807, 2.05) is 20.8 Å². The van der Waals surface area contributed by atoms with Crippen molar-refractivity contribution in [3.8, 4) is 0 Å². The van der Waals surface area contributed by atoms with Crippen LogP contribution in [-0.4, -0.2) is 27.8 Å². The fraction of sp³-hybridized carbons (Fsp3) is 0.375. The SMILES string of the molecule is Cc1ccc(C(=O)N[C@H](CC(C)C)C(=O)Nc2nccs2)cn1. The van der Waals surface area contributed by atoms with Crippen molar-refractivity contribution in [1.82, 2.24) is 15.3 Å². The lowest BCUT2D eigenvalue weighted by Gasteiger charge is -2.19. The average molecular weight is 332 g/mol. The Hall–Kier alpha value is -2.28. The molecule has 0 bridgehead atoms. The van der Waals surface area contributed by atoms with Crippen molar-refractivity contribution in [3.05, 3.63) is 41.2 Å². The third kappa shape index (κ3) is 5.14. The van der Waals surface area contributed by atoms with Crippen molar-refractivity contribution in [2.24, 2.45) is 5.92 Å². The third-order valence-corrected chi connectivity index (χ3v) is 3.85. The number of amides is 2. The number of aryl methyl sites for hydroxylation is 1. The molecule has 0 unspecified atom stereocenters. The first-order valence-electron chi connectivity index (χ1n) is 7.39. The van der Waals surface area contributed by atoms with Gasteiger partial charge in [0, 0.05) is 23.5 Å². The minimum atomic E-state index is -0.618. The lowest BCUT2D eigenvalue weighted by molar-refractivity contribution is -0.118. The summed E-state index contributed by atoms with van der Waals surface area (Å²) in [6.07, 6.45) is 3.67. The molecule has 0 aliphatic heterocycles. The number of hydrogen-bond acceptors (Lipinski definition) is 5. The van der Waals surface area contributed by atoms with Gasteiger partial charge in [0.25, 0.3) is 5.91 Å². The van der Waals surface area contributed by atoms with E-state index >= 15 is 0 Å². The molecule has 7 heteroatoms. The van der Waals surface area contributed by atoms with Gasteiger partial charge in [-0.15, -0.1) is 11.3 Å². The second-order valence-electron chi connectivity index (χ2n) is 5.67. The van der Waals surface area contributed by atoms with Crippen molar-refractivity contribution >= 4 is 28.3 Å². The molecule has 0 saturated carbocycles. The molecule has 0 saturated heterocycles. The van der Waals surface area contributed by atoms with Gasteiger partial charge in [-0.1, -0.05) is 13.8 Å². The number of aromatic nitrogens is 2. The maximum absolute atomic E-state index is 12.4. The molecule has 2 rings (SSSR count). The van der Waals surface area contributed by atoms with Gasteiger partial charge in [0.15, 0.2) is 5.13 Å². The molecule has 6 nitrogen and oxygen atoms in total. The predicted octanol–water partition coefficient (Wildman–Crippen LogP) is 2.63. The highest BCUT2D eigenvalue weighted by Crippen LogP contribution is 2.13. The van der Waals surface area contributed by atoms with Crippen molar-refractivity contribution in [3.63, 3.8) is 0 Å². The quantitative estimate of drug-likeness (QED) is 0.852. The Labute approximate surface area is 139 Å². The molecule has 0 aliphatic rings. The van der Waals surface area contributed by atoms with Gasteiger partial charge < -0.3 is 10.6 Å². The van der Waals surface area contributed by atoms with Crippen molar-refractivity contribution in [1.29, 1.82) is 0 Å². The van der Waals surface area contributed by atoms with E-state index in [9.17, 15) is 9.59 Å². The number of hydrogen-bond donors (Lipinski definition) is 2. The van der Waals surface area contributed by atoms with Gasteiger partial charge in [-0.2, -0.15) is 0 Å². The Balaban J connectivity index is 2.06. The number of nitrogens with zero attached hydrogens (tertiary/aromatic N) is 2. The van der Waals surface area contributed by atoms with E-state index < -0.39 is 6.04 Å². The lowest BCUT2D eigenvalue weighted by atomic mass is 10.0. The maximum Gasteiger partial charge on any atom is 0.253 e. The maximum atomic E-state index is 12.4. The summed E-state index contributed by atoms with van der Waals surface area (Å²) in [6.45, 7) is 5.86. The molecule has 2 aromatic rings. The van der Waals surface area contributed by atoms with Crippen LogP contribution in [0.3, 0.4) is 0 Å². The third-order valence-electron chi connectivity index (χ3n) is 3.16. The van der Waals surface area contributed by atoms with Crippen molar-refractivity contribution in [2.45, 2.75) is 33.2 Å². The molecule has 0 fully saturated rings. The summed E-state index contributed by atoms with van der Waals surface area (Å²) < 4.78 is 0. The molecule has 2 N–H and O–H groups in total. The van der Waals surface area contributed by atoms with Gasteiger partial charge in [0.1, 0.15) is 6.04 Å². The van der Waals surface area contributed by atoms with Crippen LogP contribution in [0, 0.1) is 12.8 Å². The standard InChI is InChI=1S/C16H20N4O2S/c1-10(2)8-13(15(22)20-16-17-6-7-23-16)19-14(21)12-5-4-11(3)18-9-12/h4-7,9-10,13H,8H2,1-3H3,(H,19,21)(H,17,20,22)/t13-/m1/s1. The van der Waals surface area contributed by atoms with E-state index in [0.717, 1.165) is 5.69 Å². The zero-order valence-corrected chi connectivity index (χ0v) is 14.2. The second-order valence-corrected chi connectivity index (χ2v) is 6.56. The number of rotatable bonds is 6. The molecule has 2 aromatic heterocycles. The molecule has 1 atom stereocenters. The molecule has 23 heavy (non-hydrogen) atoms. The minimum absolute atomic E-state index is 0.262. The number of anilines is 1. The molecule has 122 valence electrons. The first-order valence-corrected chi connectivity index (χ1v) is 8.27. The zero-order chi connectivity index (χ0) is 16.8. The van der Waals surface area contributed by atoms with Gasteiger partial charge in [-0.25, -0.2) is 4.98 Å². The summed E-state index contributed by atoms with van der Waals surface area (Å²) >= 11 is 1.34. The van der Waals surface area contributed by atoms with Crippen LogP contribution >= 0.6 is 11.3 Å². The van der Waals surface area contributed by atoms with Crippen molar-refractivity contribution < 1.29 is 9.59 Å². The normalized spacial score (nSPS) is 12.0. The van der Waals surface area contributed by atoms with Crippen molar-refractivity contribution in [2.75, 3.05) is 5.32 Å². The summed E-state index contributed by atoms with van der Waals surface area (Å²) in [4.78, 5) is 32.8. The van der Waals surface area contributed by atoms with E-state index in [0.29, 0.717) is 17.1 Å². The fourth-order valence-electron chi connectivity index (χ4n) is 2.02. The number of carbonyl (C=O) groups excluding carboxylic acids is 2. The Morgan fingerprint density at radius 2 is 2.04 bits per heavy atom. The van der Waals surface area contributed by atoms with E-state index in [1.54, 1.807) is 23.7 Å². The second kappa shape index (κ2) is 7.82. The first kappa shape index (κ1) is 17.1. The van der Waals surface area contributed by atoms with Gasteiger partial charge in [-0.3, -0.25) is 14.6 Å². The van der Waals surface area contributed by atoms with E-state index in [2.05, 4.69) is 20.6 Å². The molecule has 0 aromatic carbocycles. The smallest absolute Gasteiger partial charge is 0.253 e. The van der Waals surface area contributed by atoms with Gasteiger partial charge in [0.2, 0.25) is 5.91 Å². The van der Waals surface area contributed by atoms with Crippen LogP contribution in [0.5, 0.6) is 0 Å². The van der Waals surface area contributed by atoms with Crippen LogP contribution in [0.4, 0.5) is 5.13 Å². The summed E-state index contributed by atoms with van der Waals surface area (Å²) in [5, 5.41) is 7.82. The van der Waals surface area contributed by atoms with Gasteiger partial charge in [-0.05, 0) is 31.4 Å². The molecule has 0 aliphatic carbocycles. The number of thiazole rings is 1. The molecule has 2 amide bonds. The molecular formula is C16H20N4O2S. The Morgan fingerprint density at radius 1 is 1.26 bits per heavy atom. The van der Waals surface area contributed by atoms with E-state index in [1.165, 1.54) is 17.5 Å². The topological polar surface area (TPSA) is 84.0 Å². The Kier molecular flexibility index (Phi) is 5.81. The Bertz CT molecular complexity index is 653. The highest BCUT2D eigenvalue weighted by atomic mass is 32.1. The number of pyridine rings is 1.